The molecule has 1 saturated heterocycles. The quantitative estimate of drug-likeness (QED) is 0.746. The molecule has 0 radical (unpaired) electrons. The van der Waals surface area contributed by atoms with Crippen LogP contribution in [-0.2, 0) is 9.59 Å². The van der Waals surface area contributed by atoms with E-state index in [9.17, 15) is 9.59 Å². The van der Waals surface area contributed by atoms with Gasteiger partial charge in [-0.15, -0.1) is 0 Å². The van der Waals surface area contributed by atoms with E-state index in [2.05, 4.69) is 10.6 Å². The lowest BCUT2D eigenvalue weighted by Crippen LogP contribution is -2.21. The van der Waals surface area contributed by atoms with Gasteiger partial charge in [0.1, 0.15) is 0 Å². The topological polar surface area (TPSA) is 78.4 Å². The van der Waals surface area contributed by atoms with Crippen LogP contribution in [0.5, 0.6) is 0 Å². The molecule has 1 aliphatic heterocycles. The van der Waals surface area contributed by atoms with E-state index in [1.807, 2.05) is 12.1 Å². The fourth-order valence-electron chi connectivity index (χ4n) is 2.31. The van der Waals surface area contributed by atoms with E-state index in [0.29, 0.717) is 13.1 Å². The number of carbonyl (C=O) groups is 2. The van der Waals surface area contributed by atoms with Gasteiger partial charge in [-0.2, -0.15) is 0 Å². The second kappa shape index (κ2) is 5.18. The summed E-state index contributed by atoms with van der Waals surface area (Å²) in [6.07, 6.45) is 0. The number of carbonyl (C=O) groups excluding carboxylic acids is 1. The van der Waals surface area contributed by atoms with E-state index in [1.54, 1.807) is 12.1 Å². The van der Waals surface area contributed by atoms with Gasteiger partial charge in [-0.1, -0.05) is 12.1 Å². The molecule has 1 amide bonds. The molecule has 0 saturated carbocycles. The molecule has 0 aliphatic carbocycles. The van der Waals surface area contributed by atoms with Gasteiger partial charge in [-0.3, -0.25) is 9.59 Å². The molecule has 1 aromatic rings. The Kier molecular flexibility index (Phi) is 3.62. The first-order chi connectivity index (χ1) is 8.58. The van der Waals surface area contributed by atoms with E-state index in [1.165, 1.54) is 6.92 Å². The summed E-state index contributed by atoms with van der Waals surface area (Å²) in [5.74, 6) is -1.27. The first-order valence-corrected chi connectivity index (χ1v) is 5.89. The lowest BCUT2D eigenvalue weighted by Gasteiger charge is -2.15. The van der Waals surface area contributed by atoms with Crippen molar-refractivity contribution in [3.63, 3.8) is 0 Å². The van der Waals surface area contributed by atoms with Crippen molar-refractivity contribution >= 4 is 17.6 Å². The van der Waals surface area contributed by atoms with Crippen molar-refractivity contribution in [3.8, 4) is 0 Å². The Bertz CT molecular complexity index is 456. The number of anilines is 1. The first-order valence-electron chi connectivity index (χ1n) is 5.89. The summed E-state index contributed by atoms with van der Waals surface area (Å²) in [4.78, 5) is 22.0. The van der Waals surface area contributed by atoms with Gasteiger partial charge in [-0.25, -0.2) is 0 Å². The highest BCUT2D eigenvalue weighted by Crippen LogP contribution is 2.29. The van der Waals surface area contributed by atoms with Gasteiger partial charge in [0.2, 0.25) is 5.91 Å². The summed E-state index contributed by atoms with van der Waals surface area (Å²) in [5, 5.41) is 14.9. The number of amides is 1. The molecule has 18 heavy (non-hydrogen) atoms. The summed E-state index contributed by atoms with van der Waals surface area (Å²) in [6.45, 7) is 2.64. The van der Waals surface area contributed by atoms with Gasteiger partial charge in [0.15, 0.2) is 0 Å². The Morgan fingerprint density at radius 3 is 2.50 bits per heavy atom. The van der Waals surface area contributed by atoms with E-state index in [0.717, 1.165) is 11.3 Å². The van der Waals surface area contributed by atoms with Gasteiger partial charge in [0, 0.05) is 31.6 Å². The first kappa shape index (κ1) is 12.6. The van der Waals surface area contributed by atoms with Crippen molar-refractivity contribution in [3.05, 3.63) is 29.8 Å². The molecule has 1 heterocycles. The molecule has 2 rings (SSSR count). The fraction of sp³-hybridized carbons (Fsp3) is 0.385. The Hall–Kier alpha value is -1.88. The van der Waals surface area contributed by atoms with Crippen LogP contribution < -0.4 is 10.6 Å². The average molecular weight is 248 g/mol. The molecule has 1 aliphatic rings. The number of carboxylic acid groups (broad SMARTS) is 1. The number of aliphatic carboxylic acids is 1. The van der Waals surface area contributed by atoms with Gasteiger partial charge in [0.05, 0.1) is 5.92 Å². The van der Waals surface area contributed by atoms with Crippen LogP contribution in [0.1, 0.15) is 18.4 Å². The SMILES string of the molecule is CC(=O)Nc1ccc(C2CNCC2C(=O)O)cc1. The minimum Gasteiger partial charge on any atom is -0.481 e. The van der Waals surface area contributed by atoms with Crippen LogP contribution in [-0.4, -0.2) is 30.1 Å². The number of hydrogen-bond acceptors (Lipinski definition) is 3. The van der Waals surface area contributed by atoms with Gasteiger partial charge in [0.25, 0.3) is 0 Å². The highest BCUT2D eigenvalue weighted by Gasteiger charge is 2.33. The van der Waals surface area contributed by atoms with Crippen LogP contribution in [0.25, 0.3) is 0 Å². The van der Waals surface area contributed by atoms with Gasteiger partial charge >= 0.3 is 5.97 Å². The Morgan fingerprint density at radius 1 is 1.28 bits per heavy atom. The van der Waals surface area contributed by atoms with E-state index < -0.39 is 5.97 Å². The molecule has 2 atom stereocenters. The maximum absolute atomic E-state index is 11.1. The van der Waals surface area contributed by atoms with Gasteiger partial charge < -0.3 is 15.7 Å². The fourth-order valence-corrected chi connectivity index (χ4v) is 2.31. The molecule has 96 valence electrons. The Morgan fingerprint density at radius 2 is 1.94 bits per heavy atom. The lowest BCUT2D eigenvalue weighted by atomic mass is 9.89. The van der Waals surface area contributed by atoms with E-state index in [-0.39, 0.29) is 17.7 Å². The number of rotatable bonds is 3. The van der Waals surface area contributed by atoms with Crippen molar-refractivity contribution in [2.75, 3.05) is 18.4 Å². The summed E-state index contributed by atoms with van der Waals surface area (Å²) < 4.78 is 0. The van der Waals surface area contributed by atoms with Crippen LogP contribution in [0.3, 0.4) is 0 Å². The predicted molar refractivity (Wildman–Crippen MR) is 67.5 cm³/mol. The van der Waals surface area contributed by atoms with Crippen LogP contribution in [0, 0.1) is 5.92 Å². The van der Waals surface area contributed by atoms with E-state index in [4.69, 9.17) is 5.11 Å². The molecular formula is C13H16N2O3. The Labute approximate surface area is 105 Å². The maximum Gasteiger partial charge on any atom is 0.308 e. The normalized spacial score (nSPS) is 22.7. The molecule has 1 fully saturated rings. The number of carboxylic acids is 1. The predicted octanol–water partition coefficient (Wildman–Crippen LogP) is 1.03. The summed E-state index contributed by atoms with van der Waals surface area (Å²) >= 11 is 0. The minimum atomic E-state index is -0.768. The Balaban J connectivity index is 2.14. The third-order valence-electron chi connectivity index (χ3n) is 3.19. The zero-order chi connectivity index (χ0) is 13.1. The second-order valence-corrected chi connectivity index (χ2v) is 4.51. The van der Waals surface area contributed by atoms with Crippen LogP contribution in [0.2, 0.25) is 0 Å². The van der Waals surface area contributed by atoms with E-state index >= 15 is 0 Å². The highest BCUT2D eigenvalue weighted by molar-refractivity contribution is 5.88. The molecule has 5 nitrogen and oxygen atoms in total. The highest BCUT2D eigenvalue weighted by atomic mass is 16.4. The van der Waals surface area contributed by atoms with Crippen LogP contribution in [0.15, 0.2) is 24.3 Å². The third kappa shape index (κ3) is 2.68. The third-order valence-corrected chi connectivity index (χ3v) is 3.19. The summed E-state index contributed by atoms with van der Waals surface area (Å²) in [6, 6.07) is 7.35. The molecule has 1 aromatic carbocycles. The molecule has 0 aromatic heterocycles. The second-order valence-electron chi connectivity index (χ2n) is 4.51. The smallest absolute Gasteiger partial charge is 0.308 e. The number of benzene rings is 1. The molecule has 0 bridgehead atoms. The number of hydrogen-bond donors (Lipinski definition) is 3. The van der Waals surface area contributed by atoms with Crippen molar-refractivity contribution in [1.29, 1.82) is 0 Å². The van der Waals surface area contributed by atoms with Crippen molar-refractivity contribution < 1.29 is 14.7 Å². The summed E-state index contributed by atoms with van der Waals surface area (Å²) in [5.41, 5.74) is 1.71. The van der Waals surface area contributed by atoms with Crippen molar-refractivity contribution in [1.82, 2.24) is 5.32 Å². The molecular weight excluding hydrogens is 232 g/mol. The molecule has 3 N–H and O–H groups in total. The molecule has 2 unspecified atom stereocenters. The largest absolute Gasteiger partial charge is 0.481 e. The van der Waals surface area contributed by atoms with Crippen LogP contribution >= 0.6 is 0 Å². The monoisotopic (exact) mass is 248 g/mol. The maximum atomic E-state index is 11.1. The van der Waals surface area contributed by atoms with Crippen molar-refractivity contribution in [2.24, 2.45) is 5.92 Å². The average Bonchev–Trinajstić information content (AvgIpc) is 2.78. The minimum absolute atomic E-state index is 0.00567. The molecule has 5 heteroatoms. The molecule has 0 spiro atoms. The lowest BCUT2D eigenvalue weighted by molar-refractivity contribution is -0.141. The van der Waals surface area contributed by atoms with Crippen LogP contribution in [0.4, 0.5) is 5.69 Å². The number of nitrogens with one attached hydrogen (secondary N) is 2. The zero-order valence-corrected chi connectivity index (χ0v) is 10.1. The standard InChI is InChI=1S/C13H16N2O3/c1-8(16)15-10-4-2-9(3-5-10)11-6-14-7-12(11)13(17)18/h2-5,11-12,14H,6-7H2,1H3,(H,15,16)(H,17,18). The van der Waals surface area contributed by atoms with Gasteiger partial charge in [-0.05, 0) is 17.7 Å². The zero-order valence-electron chi connectivity index (χ0n) is 10.1. The van der Waals surface area contributed by atoms with Crippen molar-refractivity contribution in [2.45, 2.75) is 12.8 Å². The summed E-state index contributed by atoms with van der Waals surface area (Å²) in [7, 11) is 0.